The maximum absolute atomic E-state index is 11.6. The molecule has 0 aromatic carbocycles. The normalized spacial score (nSPS) is 56.7. The second kappa shape index (κ2) is 5.15. The molecule has 0 radical (unpaired) electrons. The van der Waals surface area contributed by atoms with Crippen molar-refractivity contribution in [2.75, 3.05) is 0 Å². The molecule has 0 aliphatic heterocycles. The highest BCUT2D eigenvalue weighted by Crippen LogP contribution is 2.67. The molecule has 4 aliphatic carbocycles. The average molecular weight is 334 g/mol. The Kier molecular flexibility index (Phi) is 3.59. The van der Waals surface area contributed by atoms with Gasteiger partial charge in [-0.25, -0.2) is 0 Å². The van der Waals surface area contributed by atoms with Crippen molar-refractivity contribution in [1.82, 2.24) is 0 Å². The monoisotopic (exact) mass is 334 g/mol. The molecule has 4 heteroatoms. The average Bonchev–Trinajstić information content (AvgIpc) is 2.79. The number of aliphatic hydroxyl groups is 3. The van der Waals surface area contributed by atoms with E-state index < -0.39 is 17.1 Å². The van der Waals surface area contributed by atoms with Crippen molar-refractivity contribution < 1.29 is 20.1 Å². The summed E-state index contributed by atoms with van der Waals surface area (Å²) >= 11 is 0. The lowest BCUT2D eigenvalue weighted by Crippen LogP contribution is -2.60. The Labute approximate surface area is 144 Å². The topological polar surface area (TPSA) is 77.8 Å². The summed E-state index contributed by atoms with van der Waals surface area (Å²) in [4.78, 5) is 11.6. The van der Waals surface area contributed by atoms with E-state index in [0.717, 1.165) is 38.4 Å². The number of aldehydes is 1. The van der Waals surface area contributed by atoms with Crippen molar-refractivity contribution in [3.63, 3.8) is 0 Å². The molecule has 0 aromatic heterocycles. The molecule has 24 heavy (non-hydrogen) atoms. The lowest BCUT2D eigenvalue weighted by atomic mass is 9.45. The minimum atomic E-state index is -1.29. The Morgan fingerprint density at radius 3 is 2.62 bits per heavy atom. The van der Waals surface area contributed by atoms with E-state index in [1.54, 1.807) is 0 Å². The van der Waals surface area contributed by atoms with Crippen LogP contribution in [0.25, 0.3) is 0 Å². The molecular formula is C20H30O4. The molecule has 4 rings (SSSR count). The van der Waals surface area contributed by atoms with Crippen molar-refractivity contribution in [3.8, 4) is 0 Å². The Hall–Kier alpha value is -0.710. The van der Waals surface area contributed by atoms with Gasteiger partial charge >= 0.3 is 0 Å². The van der Waals surface area contributed by atoms with E-state index in [1.165, 1.54) is 5.57 Å². The van der Waals surface area contributed by atoms with Gasteiger partial charge in [-0.2, -0.15) is 0 Å². The van der Waals surface area contributed by atoms with Gasteiger partial charge < -0.3 is 20.1 Å². The summed E-state index contributed by atoms with van der Waals surface area (Å²) in [6.07, 6.45) is 7.44. The zero-order chi connectivity index (χ0) is 17.3. The van der Waals surface area contributed by atoms with Gasteiger partial charge in [0.1, 0.15) is 5.60 Å². The first-order valence-electron chi connectivity index (χ1n) is 9.51. The van der Waals surface area contributed by atoms with Crippen LogP contribution in [-0.2, 0) is 4.79 Å². The number of allylic oxidation sites excluding steroid dienone is 1. The molecule has 0 spiro atoms. The lowest BCUT2D eigenvalue weighted by molar-refractivity contribution is -0.172. The Morgan fingerprint density at radius 2 is 1.92 bits per heavy atom. The van der Waals surface area contributed by atoms with Crippen LogP contribution in [0.15, 0.2) is 11.6 Å². The van der Waals surface area contributed by atoms with Crippen LogP contribution in [0.5, 0.6) is 0 Å². The molecule has 0 saturated heterocycles. The summed E-state index contributed by atoms with van der Waals surface area (Å²) in [5.41, 5.74) is -0.538. The number of fused-ring (bicyclic) bond motifs is 5. The number of hydrogen-bond acceptors (Lipinski definition) is 4. The Morgan fingerprint density at radius 1 is 1.17 bits per heavy atom. The van der Waals surface area contributed by atoms with Crippen LogP contribution in [0.4, 0.5) is 0 Å². The van der Waals surface area contributed by atoms with E-state index in [2.05, 4.69) is 6.92 Å². The highest BCUT2D eigenvalue weighted by atomic mass is 16.3. The second-order valence-electron chi connectivity index (χ2n) is 9.32. The van der Waals surface area contributed by atoms with Gasteiger partial charge in [-0.3, -0.25) is 0 Å². The van der Waals surface area contributed by atoms with Gasteiger partial charge in [0, 0.05) is 5.41 Å². The minimum Gasteiger partial charge on any atom is -0.393 e. The summed E-state index contributed by atoms with van der Waals surface area (Å²) in [6, 6.07) is 0. The van der Waals surface area contributed by atoms with Gasteiger partial charge in [-0.05, 0) is 68.1 Å². The first-order valence-corrected chi connectivity index (χ1v) is 9.51. The van der Waals surface area contributed by atoms with Crippen molar-refractivity contribution in [3.05, 3.63) is 11.6 Å². The molecule has 3 N–H and O–H groups in total. The second-order valence-corrected chi connectivity index (χ2v) is 9.32. The Balaban J connectivity index is 1.74. The van der Waals surface area contributed by atoms with Crippen LogP contribution < -0.4 is 0 Å². The maximum Gasteiger partial charge on any atom is 0.152 e. The predicted molar refractivity (Wildman–Crippen MR) is 90.1 cm³/mol. The fourth-order valence-corrected chi connectivity index (χ4v) is 7.07. The van der Waals surface area contributed by atoms with Crippen molar-refractivity contribution >= 4 is 6.29 Å². The standard InChI is InChI=1S/C20H30O4/c1-18-7-5-13(22)9-12(18)3-4-14-15-6-8-20(24,11-21)19(15,2)10-16(23)17(14)18/h9,11,13-17,22-24H,3-8,10H2,1-2H3/t13?,14?,15?,16-,17?,18-,19-,20?/m0/s1. The summed E-state index contributed by atoms with van der Waals surface area (Å²) < 4.78 is 0. The van der Waals surface area contributed by atoms with E-state index in [0.29, 0.717) is 24.7 Å². The zero-order valence-corrected chi connectivity index (χ0v) is 14.7. The minimum absolute atomic E-state index is 0.0508. The summed E-state index contributed by atoms with van der Waals surface area (Å²) in [5, 5.41) is 32.0. The lowest BCUT2D eigenvalue weighted by Gasteiger charge is -2.60. The molecular weight excluding hydrogens is 304 g/mol. The molecule has 4 nitrogen and oxygen atoms in total. The zero-order valence-electron chi connectivity index (χ0n) is 14.7. The highest BCUT2D eigenvalue weighted by molar-refractivity contribution is 5.65. The highest BCUT2D eigenvalue weighted by Gasteiger charge is 2.66. The van der Waals surface area contributed by atoms with Crippen molar-refractivity contribution in [2.24, 2.45) is 28.6 Å². The van der Waals surface area contributed by atoms with Gasteiger partial charge in [0.15, 0.2) is 6.29 Å². The summed E-state index contributed by atoms with van der Waals surface area (Å²) in [5.74, 6) is 0.827. The third kappa shape index (κ3) is 1.94. The summed E-state index contributed by atoms with van der Waals surface area (Å²) in [6.45, 7) is 4.27. The van der Waals surface area contributed by atoms with Gasteiger partial charge in [0.2, 0.25) is 0 Å². The largest absolute Gasteiger partial charge is 0.393 e. The van der Waals surface area contributed by atoms with E-state index in [-0.39, 0.29) is 17.4 Å². The third-order valence-corrected chi connectivity index (χ3v) is 8.43. The summed E-state index contributed by atoms with van der Waals surface area (Å²) in [7, 11) is 0. The SMILES string of the molecule is C[C@]12CCC(O)C=C1CCC1C2[C@@H](O)C[C@@]2(C)C1CCC2(O)C=O. The molecule has 3 fully saturated rings. The molecule has 8 atom stereocenters. The quantitative estimate of drug-likeness (QED) is 0.507. The fourth-order valence-electron chi connectivity index (χ4n) is 7.07. The third-order valence-electron chi connectivity index (χ3n) is 8.43. The van der Waals surface area contributed by atoms with E-state index in [1.807, 2.05) is 13.0 Å². The van der Waals surface area contributed by atoms with Gasteiger partial charge in [0.25, 0.3) is 0 Å². The molecule has 0 amide bonds. The van der Waals surface area contributed by atoms with Crippen molar-refractivity contribution in [2.45, 2.75) is 76.6 Å². The molecule has 4 aliphatic rings. The van der Waals surface area contributed by atoms with Crippen LogP contribution in [0, 0.1) is 28.6 Å². The van der Waals surface area contributed by atoms with Crippen LogP contribution in [0.3, 0.4) is 0 Å². The van der Waals surface area contributed by atoms with E-state index in [9.17, 15) is 20.1 Å². The smallest absolute Gasteiger partial charge is 0.152 e. The van der Waals surface area contributed by atoms with Crippen LogP contribution in [-0.4, -0.2) is 39.4 Å². The maximum atomic E-state index is 11.6. The Bertz CT molecular complexity index is 586. The molecule has 3 saturated carbocycles. The van der Waals surface area contributed by atoms with Gasteiger partial charge in [-0.15, -0.1) is 0 Å². The van der Waals surface area contributed by atoms with Gasteiger partial charge in [-0.1, -0.05) is 25.5 Å². The molecule has 0 heterocycles. The van der Waals surface area contributed by atoms with Crippen molar-refractivity contribution in [1.29, 1.82) is 0 Å². The van der Waals surface area contributed by atoms with Crippen LogP contribution >= 0.6 is 0 Å². The first kappa shape index (κ1) is 16.7. The number of aliphatic hydroxyl groups excluding tert-OH is 2. The number of hydrogen-bond donors (Lipinski definition) is 3. The first-order chi connectivity index (χ1) is 11.2. The van der Waals surface area contributed by atoms with E-state index >= 15 is 0 Å². The molecule has 134 valence electrons. The predicted octanol–water partition coefficient (Wildman–Crippen LogP) is 2.21. The van der Waals surface area contributed by atoms with E-state index in [4.69, 9.17) is 0 Å². The molecule has 0 aromatic rings. The number of rotatable bonds is 1. The molecule has 0 bridgehead atoms. The van der Waals surface area contributed by atoms with Gasteiger partial charge in [0.05, 0.1) is 12.2 Å². The van der Waals surface area contributed by atoms with Crippen LogP contribution in [0.1, 0.15) is 58.8 Å². The van der Waals surface area contributed by atoms with Crippen LogP contribution in [0.2, 0.25) is 0 Å². The number of carbonyl (C=O) groups excluding carboxylic acids is 1. The fraction of sp³-hybridized carbons (Fsp3) is 0.850. The number of carbonyl (C=O) groups is 1. The molecule has 5 unspecified atom stereocenters.